The van der Waals surface area contributed by atoms with Gasteiger partial charge >= 0.3 is 5.97 Å². The molecule has 2 aromatic heterocycles. The molecule has 1 saturated carbocycles. The normalized spacial score (nSPS) is 20.0. The number of anilines is 1. The molecule has 2 aliphatic rings. The van der Waals surface area contributed by atoms with Crippen molar-refractivity contribution in [2.75, 3.05) is 31.1 Å². The van der Waals surface area contributed by atoms with Crippen molar-refractivity contribution in [3.05, 3.63) is 46.6 Å². The molecule has 1 aliphatic heterocycles. The highest BCUT2D eigenvalue weighted by atomic mass is 35.5. The molecule has 1 unspecified atom stereocenters. The Morgan fingerprint density at radius 1 is 1.13 bits per heavy atom. The smallest absolute Gasteiger partial charge is 0.306 e. The highest BCUT2D eigenvalue weighted by molar-refractivity contribution is 6.31. The van der Waals surface area contributed by atoms with E-state index in [0.717, 1.165) is 18.6 Å². The summed E-state index contributed by atoms with van der Waals surface area (Å²) < 4.78 is 35.3. The number of carbonyl (C=O) groups excluding carboxylic acids is 2. The van der Waals surface area contributed by atoms with Crippen LogP contribution in [0.3, 0.4) is 0 Å². The number of likely N-dealkylation sites (tertiary alicyclic amines) is 1. The lowest BCUT2D eigenvalue weighted by Crippen LogP contribution is -2.34. The lowest BCUT2D eigenvalue weighted by Gasteiger charge is -2.29. The largest absolute Gasteiger partial charge is 0.466 e. The Morgan fingerprint density at radius 2 is 1.79 bits per heavy atom. The number of fused-ring (bicyclic) bond motifs is 2. The van der Waals surface area contributed by atoms with Gasteiger partial charge in [-0.2, -0.15) is 9.61 Å². The molecule has 1 aliphatic carbocycles. The molecule has 8 nitrogen and oxygen atoms in total. The average molecular weight is 560 g/mol. The van der Waals surface area contributed by atoms with Gasteiger partial charge in [0.2, 0.25) is 0 Å². The predicted molar refractivity (Wildman–Crippen MR) is 144 cm³/mol. The lowest BCUT2D eigenvalue weighted by atomic mass is 10.1. The molecule has 39 heavy (non-hydrogen) atoms. The number of hydrogen-bond donors (Lipinski definition) is 0. The molecule has 0 spiro atoms. The molecule has 1 amide bonds. The van der Waals surface area contributed by atoms with E-state index >= 15 is 0 Å². The third-order valence-corrected chi connectivity index (χ3v) is 8.02. The molecule has 3 aromatic rings. The number of benzene rings is 1. The van der Waals surface area contributed by atoms with Crippen LogP contribution in [0.15, 0.2) is 24.3 Å². The molecule has 0 radical (unpaired) electrons. The van der Waals surface area contributed by atoms with Gasteiger partial charge in [0, 0.05) is 49.8 Å². The van der Waals surface area contributed by atoms with Gasteiger partial charge in [-0.15, -0.1) is 0 Å². The molecule has 3 atom stereocenters. The number of carbonyl (C=O) groups is 2. The van der Waals surface area contributed by atoms with Crippen LogP contribution in [0, 0.1) is 29.4 Å². The zero-order valence-electron chi connectivity index (χ0n) is 22.5. The fourth-order valence-corrected chi connectivity index (χ4v) is 5.80. The van der Waals surface area contributed by atoms with Crippen LogP contribution in [0.4, 0.5) is 14.6 Å². The maximum Gasteiger partial charge on any atom is 0.306 e. The predicted octanol–water partition coefficient (Wildman–Crippen LogP) is 5.22. The van der Waals surface area contributed by atoms with Crippen LogP contribution >= 0.6 is 11.6 Å². The van der Waals surface area contributed by atoms with E-state index in [9.17, 15) is 18.4 Å². The molecule has 0 bridgehead atoms. The van der Waals surface area contributed by atoms with E-state index in [0.29, 0.717) is 61.7 Å². The van der Waals surface area contributed by atoms with Crippen molar-refractivity contribution in [1.29, 1.82) is 0 Å². The van der Waals surface area contributed by atoms with E-state index in [1.807, 2.05) is 13.8 Å². The van der Waals surface area contributed by atoms with Crippen molar-refractivity contribution in [2.24, 2.45) is 17.8 Å². The molecule has 1 saturated heterocycles. The van der Waals surface area contributed by atoms with Crippen LogP contribution in [-0.2, 0) is 9.53 Å². The number of halogens is 3. The third-order valence-electron chi connectivity index (χ3n) is 7.66. The number of piperidine rings is 1. The van der Waals surface area contributed by atoms with Gasteiger partial charge in [0.1, 0.15) is 22.5 Å². The van der Waals surface area contributed by atoms with Gasteiger partial charge in [-0.1, -0.05) is 18.5 Å². The minimum absolute atomic E-state index is 0.0902. The number of nitrogens with zero attached hydrogens (tertiary/aromatic N) is 5. The Kier molecular flexibility index (Phi) is 7.50. The topological polar surface area (TPSA) is 80.0 Å². The summed E-state index contributed by atoms with van der Waals surface area (Å²) in [5.41, 5.74) is 1.22. The van der Waals surface area contributed by atoms with Gasteiger partial charge < -0.3 is 14.5 Å². The van der Waals surface area contributed by atoms with Crippen molar-refractivity contribution in [1.82, 2.24) is 19.5 Å². The Hall–Kier alpha value is -3.27. The third kappa shape index (κ3) is 5.18. The Morgan fingerprint density at radius 3 is 2.38 bits per heavy atom. The van der Waals surface area contributed by atoms with Crippen LogP contribution in [0.1, 0.15) is 51.0 Å². The summed E-state index contributed by atoms with van der Waals surface area (Å²) in [4.78, 5) is 33.8. The first-order valence-corrected chi connectivity index (χ1v) is 13.8. The number of esters is 1. The highest BCUT2D eigenvalue weighted by Crippen LogP contribution is 2.53. The zero-order chi connectivity index (χ0) is 28.0. The summed E-state index contributed by atoms with van der Waals surface area (Å²) in [5.74, 6) is -0.612. The fourth-order valence-electron chi connectivity index (χ4n) is 5.69. The van der Waals surface area contributed by atoms with Gasteiger partial charge in [-0.25, -0.2) is 13.8 Å². The van der Waals surface area contributed by atoms with Gasteiger partial charge in [-0.05, 0) is 57.1 Å². The SMILES string of the molecule is CCCN(c1cc(-c2cc(F)c(Cl)c(F)c2)nc2cc(C(=O)N3CC4[C@@H](C3)[C@H]4CC(=O)OCC)nn12)C(C)C. The second-order valence-corrected chi connectivity index (χ2v) is 10.9. The van der Waals surface area contributed by atoms with Crippen molar-refractivity contribution in [3.63, 3.8) is 0 Å². The van der Waals surface area contributed by atoms with E-state index < -0.39 is 16.7 Å². The number of amides is 1. The number of ether oxygens (including phenoxy) is 1. The molecule has 1 aromatic carbocycles. The standard InChI is InChI=1S/C28H32ClF2N5O3/c1-5-7-35(15(3)4)25-12-22(16-8-20(30)27(29)21(31)9-16)32-24-11-23(33-36(24)25)28(38)34-13-18-17(19(18)14-34)10-26(37)39-6-2/h8-9,11-12,15,17-19H,5-7,10,13-14H2,1-4H3/t17-,18+,19?/m1/s1. The van der Waals surface area contributed by atoms with E-state index in [1.54, 1.807) is 28.5 Å². The number of rotatable bonds is 9. The summed E-state index contributed by atoms with van der Waals surface area (Å²) in [6, 6.07) is 5.74. The van der Waals surface area contributed by atoms with Gasteiger partial charge in [0.15, 0.2) is 11.3 Å². The monoisotopic (exact) mass is 559 g/mol. The van der Waals surface area contributed by atoms with Gasteiger partial charge in [0.05, 0.1) is 12.3 Å². The molecule has 2 fully saturated rings. The first-order valence-electron chi connectivity index (χ1n) is 13.4. The number of aromatic nitrogens is 3. The van der Waals surface area contributed by atoms with Gasteiger partial charge in [-0.3, -0.25) is 9.59 Å². The summed E-state index contributed by atoms with van der Waals surface area (Å²) in [6.07, 6.45) is 1.25. The van der Waals surface area contributed by atoms with Crippen molar-refractivity contribution in [2.45, 2.75) is 46.6 Å². The lowest BCUT2D eigenvalue weighted by molar-refractivity contribution is -0.143. The fraction of sp³-hybridized carbons (Fsp3) is 0.500. The highest BCUT2D eigenvalue weighted by Gasteiger charge is 2.57. The number of hydrogen-bond acceptors (Lipinski definition) is 6. The molecule has 3 heterocycles. The first-order chi connectivity index (χ1) is 18.6. The minimum Gasteiger partial charge on any atom is -0.466 e. The summed E-state index contributed by atoms with van der Waals surface area (Å²) in [6.45, 7) is 10.2. The summed E-state index contributed by atoms with van der Waals surface area (Å²) in [5, 5.41) is 4.07. The molecule has 208 valence electrons. The van der Waals surface area contributed by atoms with E-state index in [-0.39, 0.29) is 35.1 Å². The summed E-state index contributed by atoms with van der Waals surface area (Å²) in [7, 11) is 0. The van der Waals surface area contributed by atoms with E-state index in [4.69, 9.17) is 16.3 Å². The Labute approximate surface area is 230 Å². The maximum atomic E-state index is 14.3. The van der Waals surface area contributed by atoms with E-state index in [2.05, 4.69) is 21.9 Å². The van der Waals surface area contributed by atoms with Crippen LogP contribution in [0.2, 0.25) is 5.02 Å². The molecule has 5 rings (SSSR count). The van der Waals surface area contributed by atoms with Crippen LogP contribution < -0.4 is 4.90 Å². The molecule has 0 N–H and O–H groups in total. The van der Waals surface area contributed by atoms with E-state index in [1.165, 1.54) is 0 Å². The summed E-state index contributed by atoms with van der Waals surface area (Å²) >= 11 is 5.70. The maximum absolute atomic E-state index is 14.3. The van der Waals surface area contributed by atoms with Gasteiger partial charge in [0.25, 0.3) is 5.91 Å². The zero-order valence-corrected chi connectivity index (χ0v) is 23.2. The molecular formula is C28H32ClF2N5O3. The first kappa shape index (κ1) is 27.3. The van der Waals surface area contributed by atoms with Crippen molar-refractivity contribution in [3.8, 4) is 11.3 Å². The second-order valence-electron chi connectivity index (χ2n) is 10.6. The van der Waals surface area contributed by atoms with Crippen LogP contribution in [-0.4, -0.2) is 63.7 Å². The minimum atomic E-state index is -0.873. The Bertz CT molecular complexity index is 1390. The quantitative estimate of drug-likeness (QED) is 0.264. The Balaban J connectivity index is 1.46. The second kappa shape index (κ2) is 10.7. The van der Waals surface area contributed by atoms with Crippen LogP contribution in [0.5, 0.6) is 0 Å². The van der Waals surface area contributed by atoms with Crippen molar-refractivity contribution >= 4 is 34.9 Å². The molecular weight excluding hydrogens is 528 g/mol. The molecule has 11 heteroatoms. The average Bonchev–Trinajstić information content (AvgIpc) is 3.24. The van der Waals surface area contributed by atoms with Crippen molar-refractivity contribution < 1.29 is 23.1 Å². The van der Waals surface area contributed by atoms with Crippen LogP contribution in [0.25, 0.3) is 16.9 Å².